The Morgan fingerprint density at radius 1 is 0.346 bits per heavy atom. The Bertz CT molecular complexity index is 1180. The van der Waals surface area contributed by atoms with Crippen molar-refractivity contribution in [2.45, 2.75) is 424 Å². The average Bonchev–Trinajstić information content (AvgIpc) is 3.44. The zero-order chi connectivity index (χ0) is 56.4. The number of carbonyl (C=O) groups excluding carboxylic acids is 2. The van der Waals surface area contributed by atoms with Gasteiger partial charge in [0.1, 0.15) is 0 Å². The summed E-state index contributed by atoms with van der Waals surface area (Å²) in [6, 6.07) is -0.540. The van der Waals surface area contributed by atoms with Gasteiger partial charge in [0.05, 0.1) is 25.4 Å². The molecule has 0 rings (SSSR count). The molecule has 0 heterocycles. The van der Waals surface area contributed by atoms with Crippen LogP contribution in [-0.2, 0) is 14.3 Å². The molecule has 2 atom stereocenters. The summed E-state index contributed by atoms with van der Waals surface area (Å²) in [7, 11) is 0. The van der Waals surface area contributed by atoms with Crippen molar-refractivity contribution < 1.29 is 24.5 Å². The zero-order valence-electron chi connectivity index (χ0n) is 53.2. The highest BCUT2D eigenvalue weighted by atomic mass is 16.5. The minimum Gasteiger partial charge on any atom is -0.466 e. The summed E-state index contributed by atoms with van der Waals surface area (Å²) in [6.07, 6.45) is 84.0. The van der Waals surface area contributed by atoms with E-state index in [0.29, 0.717) is 25.9 Å². The third-order valence-electron chi connectivity index (χ3n) is 17.1. The van der Waals surface area contributed by atoms with E-state index in [4.69, 9.17) is 4.74 Å². The molecule has 0 aromatic heterocycles. The van der Waals surface area contributed by atoms with Gasteiger partial charge in [0.15, 0.2) is 0 Å². The summed E-state index contributed by atoms with van der Waals surface area (Å²) >= 11 is 0. The topological polar surface area (TPSA) is 95.9 Å². The van der Waals surface area contributed by atoms with Crippen LogP contribution in [0.25, 0.3) is 0 Å². The number of amides is 1. The number of esters is 1. The lowest BCUT2D eigenvalue weighted by molar-refractivity contribution is -0.143. The molecule has 1 amide bonds. The van der Waals surface area contributed by atoms with Crippen LogP contribution in [0.5, 0.6) is 0 Å². The highest BCUT2D eigenvalue weighted by Crippen LogP contribution is 2.19. The molecule has 0 aliphatic rings. The second-order valence-electron chi connectivity index (χ2n) is 24.9. The monoisotopic (exact) mass is 1100 g/mol. The van der Waals surface area contributed by atoms with Gasteiger partial charge in [-0.05, 0) is 51.4 Å². The molecule has 6 heteroatoms. The van der Waals surface area contributed by atoms with Crippen molar-refractivity contribution in [3.63, 3.8) is 0 Å². The van der Waals surface area contributed by atoms with Crippen molar-refractivity contribution in [3.05, 3.63) is 12.2 Å². The van der Waals surface area contributed by atoms with E-state index in [1.54, 1.807) is 0 Å². The van der Waals surface area contributed by atoms with E-state index in [1.165, 1.54) is 334 Å². The van der Waals surface area contributed by atoms with Crippen LogP contribution in [-0.4, -0.2) is 47.4 Å². The lowest BCUT2D eigenvalue weighted by Gasteiger charge is -2.22. The molecule has 464 valence electrons. The highest BCUT2D eigenvalue weighted by molar-refractivity contribution is 5.76. The maximum atomic E-state index is 12.5. The van der Waals surface area contributed by atoms with E-state index in [-0.39, 0.29) is 18.5 Å². The zero-order valence-corrected chi connectivity index (χ0v) is 53.2. The van der Waals surface area contributed by atoms with Crippen LogP contribution in [0.1, 0.15) is 412 Å². The first-order valence-corrected chi connectivity index (χ1v) is 35.9. The van der Waals surface area contributed by atoms with Gasteiger partial charge in [-0.25, -0.2) is 0 Å². The first kappa shape index (κ1) is 76.6. The number of aliphatic hydroxyl groups excluding tert-OH is 2. The van der Waals surface area contributed by atoms with Crippen molar-refractivity contribution in [1.82, 2.24) is 5.32 Å². The maximum absolute atomic E-state index is 12.5. The van der Waals surface area contributed by atoms with Crippen molar-refractivity contribution in [1.29, 1.82) is 0 Å². The predicted molar refractivity (Wildman–Crippen MR) is 343 cm³/mol. The van der Waals surface area contributed by atoms with E-state index < -0.39 is 12.1 Å². The Kier molecular flexibility index (Phi) is 66.9. The van der Waals surface area contributed by atoms with Crippen LogP contribution >= 0.6 is 0 Å². The largest absolute Gasteiger partial charge is 0.466 e. The molecule has 0 aromatic carbocycles. The Balaban J connectivity index is 3.34. The minimum absolute atomic E-state index is 0.0147. The van der Waals surface area contributed by atoms with Gasteiger partial charge in [-0.1, -0.05) is 360 Å². The lowest BCUT2D eigenvalue weighted by atomic mass is 10.0. The Morgan fingerprint density at radius 3 is 0.910 bits per heavy atom. The molecule has 0 bridgehead atoms. The van der Waals surface area contributed by atoms with Gasteiger partial charge in [0, 0.05) is 12.8 Å². The summed E-state index contributed by atoms with van der Waals surface area (Å²) in [6.45, 7) is 4.99. The second kappa shape index (κ2) is 68.1. The molecule has 3 N–H and O–H groups in total. The van der Waals surface area contributed by atoms with E-state index in [9.17, 15) is 19.8 Å². The van der Waals surface area contributed by atoms with Crippen LogP contribution in [0.4, 0.5) is 0 Å². The second-order valence-corrected chi connectivity index (χ2v) is 24.9. The number of carbonyl (C=O) groups is 2. The quantitative estimate of drug-likeness (QED) is 0.0320. The summed E-state index contributed by atoms with van der Waals surface area (Å²) in [5.41, 5.74) is 0. The minimum atomic E-state index is -0.663. The number of unbranched alkanes of at least 4 members (excludes halogenated alkanes) is 55. The Morgan fingerprint density at radius 2 is 0.603 bits per heavy atom. The van der Waals surface area contributed by atoms with E-state index >= 15 is 0 Å². The molecule has 6 nitrogen and oxygen atoms in total. The molecule has 0 saturated carbocycles. The SMILES string of the molecule is CCCCCCCCC/C=C\CCCCCCCCCC(=O)OCCCCCCCCCCCCCCCCCCCCCCCCCCCC(=O)NC(CO)C(O)CCCCCCCCCCCCCCCCCCCC. The molecule has 2 unspecified atom stereocenters. The number of rotatable bonds is 68. The molecule has 0 aliphatic heterocycles. The maximum Gasteiger partial charge on any atom is 0.305 e. The first-order chi connectivity index (χ1) is 38.5. The van der Waals surface area contributed by atoms with Crippen LogP contribution in [0, 0.1) is 0 Å². The molecule has 78 heavy (non-hydrogen) atoms. The summed E-state index contributed by atoms with van der Waals surface area (Å²) < 4.78 is 5.51. The van der Waals surface area contributed by atoms with Gasteiger partial charge in [-0.15, -0.1) is 0 Å². The fraction of sp³-hybridized carbons (Fsp3) is 0.944. The number of allylic oxidation sites excluding steroid dienone is 2. The summed E-state index contributed by atoms with van der Waals surface area (Å²) in [5.74, 6) is -0.0142. The van der Waals surface area contributed by atoms with E-state index in [1.807, 2.05) is 0 Å². The molecule has 0 radical (unpaired) electrons. The molecular formula is C72H141NO5. The van der Waals surface area contributed by atoms with Crippen LogP contribution in [0.2, 0.25) is 0 Å². The number of nitrogens with one attached hydrogen (secondary N) is 1. The van der Waals surface area contributed by atoms with Crippen LogP contribution in [0.3, 0.4) is 0 Å². The molecule has 0 saturated heterocycles. The molecule has 0 aliphatic carbocycles. The van der Waals surface area contributed by atoms with Crippen molar-refractivity contribution >= 4 is 11.9 Å². The third kappa shape index (κ3) is 63.8. The number of ether oxygens (including phenoxy) is 1. The van der Waals surface area contributed by atoms with Crippen LogP contribution in [0.15, 0.2) is 12.2 Å². The highest BCUT2D eigenvalue weighted by Gasteiger charge is 2.20. The van der Waals surface area contributed by atoms with Gasteiger partial charge >= 0.3 is 5.97 Å². The number of hydrogen-bond acceptors (Lipinski definition) is 5. The lowest BCUT2D eigenvalue weighted by Crippen LogP contribution is -2.45. The van der Waals surface area contributed by atoms with E-state index in [0.717, 1.165) is 44.9 Å². The van der Waals surface area contributed by atoms with Gasteiger partial charge in [-0.3, -0.25) is 9.59 Å². The number of hydrogen-bond donors (Lipinski definition) is 3. The fourth-order valence-electron chi connectivity index (χ4n) is 11.6. The molecule has 0 fully saturated rings. The van der Waals surface area contributed by atoms with Gasteiger partial charge in [0.25, 0.3) is 0 Å². The third-order valence-corrected chi connectivity index (χ3v) is 17.1. The van der Waals surface area contributed by atoms with Crippen LogP contribution < -0.4 is 5.32 Å². The standard InChI is InChI=1S/C72H141NO5/c1-3-5-7-9-11-13-15-17-19-21-32-36-40-44-48-52-56-60-64-70(75)69(68-74)73-71(76)65-61-57-53-49-45-41-37-33-30-28-26-24-23-25-27-29-31-35-39-43-47-51-55-59-63-67-78-72(77)66-62-58-54-50-46-42-38-34-22-20-18-16-14-12-10-8-6-4-2/h20,22,69-70,74-75H,3-19,21,23-68H2,1-2H3,(H,73,76)/b22-20-. The van der Waals surface area contributed by atoms with Crippen molar-refractivity contribution in [3.8, 4) is 0 Å². The van der Waals surface area contributed by atoms with E-state index in [2.05, 4.69) is 31.3 Å². The normalized spacial score (nSPS) is 12.5. The van der Waals surface area contributed by atoms with Gasteiger partial charge in [-0.2, -0.15) is 0 Å². The average molecular weight is 1100 g/mol. The summed E-state index contributed by atoms with van der Waals surface area (Å²) in [4.78, 5) is 24.6. The van der Waals surface area contributed by atoms with Crippen molar-refractivity contribution in [2.24, 2.45) is 0 Å². The smallest absolute Gasteiger partial charge is 0.305 e. The predicted octanol–water partition coefficient (Wildman–Crippen LogP) is 23.1. The number of aliphatic hydroxyl groups is 2. The van der Waals surface area contributed by atoms with Gasteiger partial charge < -0.3 is 20.3 Å². The molecule has 0 spiro atoms. The fourth-order valence-corrected chi connectivity index (χ4v) is 11.6. The first-order valence-electron chi connectivity index (χ1n) is 35.9. The molecule has 0 aromatic rings. The van der Waals surface area contributed by atoms with Gasteiger partial charge in [0.2, 0.25) is 5.91 Å². The van der Waals surface area contributed by atoms with Crippen molar-refractivity contribution in [2.75, 3.05) is 13.2 Å². The summed E-state index contributed by atoms with van der Waals surface area (Å²) in [5, 5.41) is 23.4. The molecular weight excluding hydrogens is 959 g/mol. The Labute approximate surface area is 489 Å². The Hall–Kier alpha value is -1.40.